The third-order valence-electron chi connectivity index (χ3n) is 4.08. The standard InChI is InChI=1S/C21H15FINO3S/c1-14-9-17(22)10-16(12-24)21(14)28(25,26)18-7-8-20(19(23)11-18)27-13-15-5-3-2-4-6-15/h2-11H,13H2,1H3. The molecule has 0 fully saturated rings. The summed E-state index contributed by atoms with van der Waals surface area (Å²) in [6.45, 7) is 1.83. The summed E-state index contributed by atoms with van der Waals surface area (Å²) < 4.78 is 46.1. The molecule has 0 saturated carbocycles. The Balaban J connectivity index is 1.94. The summed E-state index contributed by atoms with van der Waals surface area (Å²) in [6, 6.07) is 17.9. The van der Waals surface area contributed by atoms with Gasteiger partial charge in [0.15, 0.2) is 0 Å². The number of aryl methyl sites for hydroxylation is 1. The van der Waals surface area contributed by atoms with E-state index in [1.807, 2.05) is 52.9 Å². The lowest BCUT2D eigenvalue weighted by atomic mass is 10.1. The average molecular weight is 507 g/mol. The first kappa shape index (κ1) is 20.3. The molecule has 3 aromatic carbocycles. The van der Waals surface area contributed by atoms with E-state index in [4.69, 9.17) is 4.74 Å². The van der Waals surface area contributed by atoms with Crippen LogP contribution in [0.4, 0.5) is 4.39 Å². The third kappa shape index (κ3) is 4.18. The van der Waals surface area contributed by atoms with Crippen molar-refractivity contribution in [1.29, 1.82) is 5.26 Å². The average Bonchev–Trinajstić information content (AvgIpc) is 2.66. The molecule has 0 saturated heterocycles. The second kappa shape index (κ2) is 8.29. The van der Waals surface area contributed by atoms with Gasteiger partial charge in [-0.3, -0.25) is 0 Å². The lowest BCUT2D eigenvalue weighted by Gasteiger charge is -2.13. The highest BCUT2D eigenvalue weighted by atomic mass is 127. The lowest BCUT2D eigenvalue weighted by molar-refractivity contribution is 0.304. The molecule has 0 aliphatic carbocycles. The van der Waals surface area contributed by atoms with E-state index < -0.39 is 15.7 Å². The smallest absolute Gasteiger partial charge is 0.208 e. The van der Waals surface area contributed by atoms with Crippen LogP contribution in [0.3, 0.4) is 0 Å². The minimum atomic E-state index is -3.99. The molecule has 0 aliphatic heterocycles. The molecule has 0 spiro atoms. The number of benzene rings is 3. The number of ether oxygens (including phenoxy) is 1. The normalized spacial score (nSPS) is 11.1. The van der Waals surface area contributed by atoms with Gasteiger partial charge < -0.3 is 4.74 Å². The monoisotopic (exact) mass is 507 g/mol. The van der Waals surface area contributed by atoms with Crippen molar-refractivity contribution >= 4 is 32.4 Å². The summed E-state index contributed by atoms with van der Waals surface area (Å²) in [5.74, 6) is -0.0908. The number of nitrogens with zero attached hydrogens (tertiary/aromatic N) is 1. The molecule has 3 aromatic rings. The number of rotatable bonds is 5. The highest BCUT2D eigenvalue weighted by Gasteiger charge is 2.25. The summed E-state index contributed by atoms with van der Waals surface area (Å²) in [5, 5.41) is 9.25. The zero-order valence-corrected chi connectivity index (χ0v) is 17.8. The Hall–Kier alpha value is -2.44. The summed E-state index contributed by atoms with van der Waals surface area (Å²) in [5.41, 5.74) is 0.975. The molecule has 0 radical (unpaired) electrons. The largest absolute Gasteiger partial charge is 0.488 e. The van der Waals surface area contributed by atoms with E-state index in [2.05, 4.69) is 0 Å². The van der Waals surface area contributed by atoms with Gasteiger partial charge in [0.2, 0.25) is 9.84 Å². The van der Waals surface area contributed by atoms with Gasteiger partial charge in [-0.05, 0) is 71.0 Å². The molecule has 0 aliphatic rings. The van der Waals surface area contributed by atoms with Crippen LogP contribution in [0, 0.1) is 27.6 Å². The van der Waals surface area contributed by atoms with Crippen LogP contribution < -0.4 is 4.74 Å². The maximum atomic E-state index is 13.6. The molecule has 4 nitrogen and oxygen atoms in total. The minimum Gasteiger partial charge on any atom is -0.488 e. The first-order valence-electron chi connectivity index (χ1n) is 8.24. The number of halogens is 2. The van der Waals surface area contributed by atoms with Crippen molar-refractivity contribution < 1.29 is 17.5 Å². The van der Waals surface area contributed by atoms with E-state index in [1.165, 1.54) is 19.1 Å². The lowest BCUT2D eigenvalue weighted by Crippen LogP contribution is -2.08. The summed E-state index contributed by atoms with van der Waals surface area (Å²) in [4.78, 5) is -0.152. The Morgan fingerprint density at radius 3 is 2.46 bits per heavy atom. The van der Waals surface area contributed by atoms with Gasteiger partial charge in [-0.25, -0.2) is 12.8 Å². The summed E-state index contributed by atoms with van der Waals surface area (Å²) in [7, 11) is -3.99. The van der Waals surface area contributed by atoms with Gasteiger partial charge in [0.25, 0.3) is 0 Å². The van der Waals surface area contributed by atoms with Crippen LogP contribution in [0.15, 0.2) is 70.5 Å². The van der Waals surface area contributed by atoms with Crippen LogP contribution in [-0.4, -0.2) is 8.42 Å². The van der Waals surface area contributed by atoms with Gasteiger partial charge in [0, 0.05) is 0 Å². The molecule has 0 aromatic heterocycles. The molecular formula is C21H15FINO3S. The highest BCUT2D eigenvalue weighted by Crippen LogP contribution is 2.31. The SMILES string of the molecule is Cc1cc(F)cc(C#N)c1S(=O)(=O)c1ccc(OCc2ccccc2)c(I)c1. The van der Waals surface area contributed by atoms with E-state index in [1.54, 1.807) is 12.1 Å². The van der Waals surface area contributed by atoms with E-state index in [9.17, 15) is 18.1 Å². The van der Waals surface area contributed by atoms with Crippen molar-refractivity contribution in [3.63, 3.8) is 0 Å². The second-order valence-electron chi connectivity index (χ2n) is 6.08. The predicted molar refractivity (Wildman–Crippen MR) is 111 cm³/mol. The van der Waals surface area contributed by atoms with Crippen molar-refractivity contribution in [2.45, 2.75) is 23.3 Å². The van der Waals surface area contributed by atoms with Gasteiger partial charge in [0.1, 0.15) is 24.2 Å². The molecule has 7 heteroatoms. The molecule has 28 heavy (non-hydrogen) atoms. The second-order valence-corrected chi connectivity index (χ2v) is 9.13. The molecule has 0 bridgehead atoms. The Morgan fingerprint density at radius 1 is 1.11 bits per heavy atom. The van der Waals surface area contributed by atoms with Gasteiger partial charge in [-0.1, -0.05) is 30.3 Å². The fourth-order valence-corrected chi connectivity index (χ4v) is 5.30. The van der Waals surface area contributed by atoms with E-state index in [-0.39, 0.29) is 20.9 Å². The Kier molecular flexibility index (Phi) is 6.01. The topological polar surface area (TPSA) is 67.2 Å². The first-order chi connectivity index (χ1) is 13.3. The minimum absolute atomic E-state index is 0.0233. The molecule has 0 heterocycles. The molecular weight excluding hydrogens is 492 g/mol. The molecule has 142 valence electrons. The van der Waals surface area contributed by atoms with E-state index in [0.29, 0.717) is 15.9 Å². The zero-order valence-electron chi connectivity index (χ0n) is 14.8. The number of nitriles is 1. The van der Waals surface area contributed by atoms with Crippen molar-refractivity contribution in [1.82, 2.24) is 0 Å². The Bertz CT molecular complexity index is 1170. The quantitative estimate of drug-likeness (QED) is 0.359. The van der Waals surface area contributed by atoms with Crippen LogP contribution in [0.5, 0.6) is 5.75 Å². The van der Waals surface area contributed by atoms with E-state index in [0.717, 1.165) is 17.7 Å². The zero-order chi connectivity index (χ0) is 20.3. The molecule has 3 rings (SSSR count). The first-order valence-corrected chi connectivity index (χ1v) is 10.8. The van der Waals surface area contributed by atoms with Crippen LogP contribution >= 0.6 is 22.6 Å². The Morgan fingerprint density at radius 2 is 1.82 bits per heavy atom. The van der Waals surface area contributed by atoms with Gasteiger partial charge >= 0.3 is 0 Å². The molecule has 0 N–H and O–H groups in total. The van der Waals surface area contributed by atoms with Crippen molar-refractivity contribution in [2.75, 3.05) is 0 Å². The number of sulfone groups is 1. The van der Waals surface area contributed by atoms with Crippen molar-refractivity contribution in [3.8, 4) is 11.8 Å². The van der Waals surface area contributed by atoms with Gasteiger partial charge in [-0.15, -0.1) is 0 Å². The Labute approximate surface area is 176 Å². The van der Waals surface area contributed by atoms with Crippen LogP contribution in [-0.2, 0) is 16.4 Å². The fourth-order valence-electron chi connectivity index (χ4n) is 2.79. The molecule has 0 atom stereocenters. The van der Waals surface area contributed by atoms with Gasteiger partial charge in [-0.2, -0.15) is 5.26 Å². The summed E-state index contributed by atoms with van der Waals surface area (Å²) in [6.07, 6.45) is 0. The molecule has 0 unspecified atom stereocenters. The summed E-state index contributed by atoms with van der Waals surface area (Å²) >= 11 is 2.01. The van der Waals surface area contributed by atoms with Crippen LogP contribution in [0.25, 0.3) is 0 Å². The number of hydrogen-bond acceptors (Lipinski definition) is 4. The highest BCUT2D eigenvalue weighted by molar-refractivity contribution is 14.1. The van der Waals surface area contributed by atoms with Crippen LogP contribution in [0.1, 0.15) is 16.7 Å². The number of hydrogen-bond donors (Lipinski definition) is 0. The van der Waals surface area contributed by atoms with Crippen molar-refractivity contribution in [2.24, 2.45) is 0 Å². The fraction of sp³-hybridized carbons (Fsp3) is 0.0952. The molecule has 0 amide bonds. The predicted octanol–water partition coefficient (Wildman–Crippen LogP) is 5.02. The van der Waals surface area contributed by atoms with Crippen molar-refractivity contribution in [3.05, 3.63) is 86.7 Å². The van der Waals surface area contributed by atoms with Gasteiger partial charge in [0.05, 0.1) is 18.9 Å². The maximum Gasteiger partial charge on any atom is 0.208 e. The third-order valence-corrected chi connectivity index (χ3v) is 6.88. The maximum absolute atomic E-state index is 13.6. The van der Waals surface area contributed by atoms with E-state index >= 15 is 0 Å². The van der Waals surface area contributed by atoms with Crippen LogP contribution in [0.2, 0.25) is 0 Å².